The Morgan fingerprint density at radius 2 is 1.91 bits per heavy atom. The molecule has 23 heavy (non-hydrogen) atoms. The van der Waals surface area contributed by atoms with E-state index in [2.05, 4.69) is 5.32 Å². The molecule has 0 unspecified atom stereocenters. The van der Waals surface area contributed by atoms with Crippen LogP contribution in [0, 0.1) is 29.1 Å². The minimum Gasteiger partial charge on any atom is -0.550 e. The molecule has 0 aliphatic heterocycles. The molecule has 0 radical (unpaired) electrons. The van der Waals surface area contributed by atoms with Crippen molar-refractivity contribution in [3.05, 3.63) is 36.4 Å². The molecule has 120 valence electrons. The van der Waals surface area contributed by atoms with Crippen molar-refractivity contribution in [2.24, 2.45) is 29.1 Å². The number of allylic oxidation sites excluding steroid dienone is 2. The van der Waals surface area contributed by atoms with Gasteiger partial charge in [-0.1, -0.05) is 18.2 Å². The van der Waals surface area contributed by atoms with Gasteiger partial charge in [0.05, 0.1) is 13.0 Å². The van der Waals surface area contributed by atoms with Gasteiger partial charge in [0, 0.05) is 23.6 Å². The molecule has 1 N–H and O–H groups in total. The third-order valence-corrected chi connectivity index (χ3v) is 5.75. The normalized spacial score (nSPS) is 32.0. The van der Waals surface area contributed by atoms with E-state index in [0.29, 0.717) is 11.4 Å². The molecule has 1 amide bonds. The van der Waals surface area contributed by atoms with E-state index in [9.17, 15) is 14.7 Å². The van der Waals surface area contributed by atoms with Crippen molar-refractivity contribution >= 4 is 17.6 Å². The van der Waals surface area contributed by atoms with Crippen LogP contribution in [0.2, 0.25) is 0 Å². The number of methoxy groups -OCH3 is 1. The number of nitrogens with one attached hydrogen (secondary N) is 1. The van der Waals surface area contributed by atoms with E-state index in [1.54, 1.807) is 31.4 Å². The van der Waals surface area contributed by atoms with Crippen LogP contribution in [0.3, 0.4) is 0 Å². The first-order valence-corrected chi connectivity index (χ1v) is 7.91. The Morgan fingerprint density at radius 1 is 1.22 bits per heavy atom. The van der Waals surface area contributed by atoms with E-state index in [1.807, 2.05) is 12.2 Å². The van der Waals surface area contributed by atoms with Gasteiger partial charge >= 0.3 is 0 Å². The van der Waals surface area contributed by atoms with Crippen LogP contribution in [0.25, 0.3) is 0 Å². The first-order valence-electron chi connectivity index (χ1n) is 7.91. The molecule has 5 nitrogen and oxygen atoms in total. The van der Waals surface area contributed by atoms with Crippen LogP contribution < -0.4 is 15.2 Å². The van der Waals surface area contributed by atoms with Gasteiger partial charge in [0.25, 0.3) is 0 Å². The quantitative estimate of drug-likeness (QED) is 0.848. The summed E-state index contributed by atoms with van der Waals surface area (Å²) in [7, 11) is 1.56. The van der Waals surface area contributed by atoms with E-state index >= 15 is 0 Å². The number of carboxylic acid groups (broad SMARTS) is 1. The Kier molecular flexibility index (Phi) is 3.01. The summed E-state index contributed by atoms with van der Waals surface area (Å²) >= 11 is 0. The van der Waals surface area contributed by atoms with Crippen molar-refractivity contribution < 1.29 is 19.4 Å². The summed E-state index contributed by atoms with van der Waals surface area (Å²) < 4.78 is 5.15. The van der Waals surface area contributed by atoms with Crippen molar-refractivity contribution in [1.82, 2.24) is 0 Å². The van der Waals surface area contributed by atoms with Gasteiger partial charge in [-0.25, -0.2) is 0 Å². The summed E-state index contributed by atoms with van der Waals surface area (Å²) in [4.78, 5) is 24.4. The van der Waals surface area contributed by atoms with Crippen molar-refractivity contribution in [2.45, 2.75) is 12.8 Å². The number of carbonyl (C=O) groups excluding carboxylic acids is 2. The van der Waals surface area contributed by atoms with Crippen molar-refractivity contribution in [1.29, 1.82) is 0 Å². The minimum absolute atomic E-state index is 0.00111. The number of hydrogen-bond donors (Lipinski definition) is 1. The molecule has 4 rings (SSSR count). The molecule has 4 atom stereocenters. The Balaban J connectivity index is 1.60. The summed E-state index contributed by atoms with van der Waals surface area (Å²) in [5, 5.41) is 14.5. The van der Waals surface area contributed by atoms with Crippen LogP contribution in [-0.4, -0.2) is 19.0 Å². The number of carboxylic acids is 1. The van der Waals surface area contributed by atoms with Crippen LogP contribution in [0.5, 0.6) is 5.75 Å². The highest BCUT2D eigenvalue weighted by Gasteiger charge is 2.68. The van der Waals surface area contributed by atoms with Crippen molar-refractivity contribution in [3.8, 4) is 5.75 Å². The zero-order valence-corrected chi connectivity index (χ0v) is 12.8. The topological polar surface area (TPSA) is 78.5 Å². The van der Waals surface area contributed by atoms with Gasteiger partial charge in [0.15, 0.2) is 0 Å². The van der Waals surface area contributed by atoms with Gasteiger partial charge in [-0.2, -0.15) is 0 Å². The lowest BCUT2D eigenvalue weighted by molar-refractivity contribution is -0.313. The predicted octanol–water partition coefficient (Wildman–Crippen LogP) is 1.21. The molecule has 3 aliphatic rings. The molecule has 0 saturated heterocycles. The molecule has 0 aromatic heterocycles. The fourth-order valence-electron chi connectivity index (χ4n) is 4.60. The van der Waals surface area contributed by atoms with E-state index in [0.717, 1.165) is 12.8 Å². The zero-order chi connectivity index (χ0) is 16.2. The van der Waals surface area contributed by atoms with E-state index < -0.39 is 17.8 Å². The summed E-state index contributed by atoms with van der Waals surface area (Å²) in [6.45, 7) is 0. The molecular formula is C18H18NO4-. The number of amides is 1. The standard InChI is InChI=1S/C18H19NO4/c1-23-11-4-2-3-10(9-11)19-16(20)14-12-5-6-13(15(14)17(21)22)18(12)7-8-18/h2-6,9,12-15H,7-8H2,1H3,(H,19,20)(H,21,22)/p-1/t12-,13+,14+,15+/m1/s1. The Hall–Kier alpha value is -2.30. The van der Waals surface area contributed by atoms with Gasteiger partial charge in [0.2, 0.25) is 5.91 Å². The largest absolute Gasteiger partial charge is 0.550 e. The van der Waals surface area contributed by atoms with Crippen LogP contribution in [0.4, 0.5) is 5.69 Å². The van der Waals surface area contributed by atoms with Gasteiger partial charge in [-0.3, -0.25) is 4.79 Å². The fraction of sp³-hybridized carbons (Fsp3) is 0.444. The molecule has 5 heteroatoms. The first-order chi connectivity index (χ1) is 11.1. The number of benzene rings is 1. The van der Waals surface area contributed by atoms with Gasteiger partial charge in [0.1, 0.15) is 5.75 Å². The SMILES string of the molecule is COc1cccc(NC(=O)[C@@H]2[C@@H](C(=O)[O-])[C@@H]3C=C[C@H]2C32CC2)c1. The van der Waals surface area contributed by atoms with Gasteiger partial charge in [-0.15, -0.1) is 0 Å². The minimum atomic E-state index is -1.11. The molecular weight excluding hydrogens is 294 g/mol. The number of hydrogen-bond acceptors (Lipinski definition) is 4. The molecule has 2 fully saturated rings. The molecule has 1 aromatic rings. The second-order valence-corrected chi connectivity index (χ2v) is 6.76. The van der Waals surface area contributed by atoms with Crippen molar-refractivity contribution in [3.63, 3.8) is 0 Å². The average Bonchev–Trinajstić information content (AvgIpc) is 3.20. The Morgan fingerprint density at radius 3 is 2.52 bits per heavy atom. The summed E-state index contributed by atoms with van der Waals surface area (Å²) in [6.07, 6.45) is 6.02. The fourth-order valence-corrected chi connectivity index (χ4v) is 4.60. The summed E-state index contributed by atoms with van der Waals surface area (Å²) in [6, 6.07) is 7.07. The zero-order valence-electron chi connectivity index (χ0n) is 12.8. The lowest BCUT2D eigenvalue weighted by Gasteiger charge is -2.27. The van der Waals surface area contributed by atoms with E-state index in [-0.39, 0.29) is 23.2 Å². The van der Waals surface area contributed by atoms with Crippen LogP contribution >= 0.6 is 0 Å². The number of ether oxygens (including phenoxy) is 1. The highest BCUT2D eigenvalue weighted by atomic mass is 16.5. The van der Waals surface area contributed by atoms with Gasteiger partial charge in [-0.05, 0) is 42.2 Å². The molecule has 1 spiro atoms. The third-order valence-electron chi connectivity index (χ3n) is 5.75. The smallest absolute Gasteiger partial charge is 0.228 e. The maximum Gasteiger partial charge on any atom is 0.228 e. The second kappa shape index (κ2) is 4.85. The number of carbonyl (C=O) groups is 2. The highest BCUT2D eigenvalue weighted by molar-refractivity contribution is 5.96. The summed E-state index contributed by atoms with van der Waals surface area (Å²) in [5.74, 6) is -2.03. The monoisotopic (exact) mass is 312 g/mol. The highest BCUT2D eigenvalue weighted by Crippen LogP contribution is 2.71. The van der Waals surface area contributed by atoms with Crippen LogP contribution in [0.1, 0.15) is 12.8 Å². The molecule has 2 saturated carbocycles. The molecule has 1 aromatic carbocycles. The van der Waals surface area contributed by atoms with Gasteiger partial charge < -0.3 is 20.0 Å². The number of anilines is 1. The molecule has 0 heterocycles. The Bertz CT molecular complexity index is 707. The maximum atomic E-state index is 12.8. The van der Waals surface area contributed by atoms with E-state index in [1.165, 1.54) is 0 Å². The number of aliphatic carboxylic acids is 1. The predicted molar refractivity (Wildman–Crippen MR) is 81.4 cm³/mol. The molecule has 3 aliphatic carbocycles. The van der Waals surface area contributed by atoms with Crippen LogP contribution in [-0.2, 0) is 9.59 Å². The maximum absolute atomic E-state index is 12.8. The van der Waals surface area contributed by atoms with Crippen molar-refractivity contribution in [2.75, 3.05) is 12.4 Å². The molecule has 2 bridgehead atoms. The first kappa shape index (κ1) is 14.3. The lowest BCUT2D eigenvalue weighted by atomic mass is 9.82. The summed E-state index contributed by atoms with van der Waals surface area (Å²) in [5.41, 5.74) is 0.615. The number of rotatable bonds is 4. The Labute approximate surface area is 134 Å². The van der Waals surface area contributed by atoms with E-state index in [4.69, 9.17) is 4.74 Å². The third kappa shape index (κ3) is 1.99. The van der Waals surface area contributed by atoms with Crippen LogP contribution in [0.15, 0.2) is 36.4 Å². The average molecular weight is 312 g/mol. The second-order valence-electron chi connectivity index (χ2n) is 6.76. The lowest BCUT2D eigenvalue weighted by Crippen LogP contribution is -2.42.